The minimum absolute atomic E-state index is 0.380. The van der Waals surface area contributed by atoms with Crippen molar-refractivity contribution in [2.24, 2.45) is 0 Å². The topological polar surface area (TPSA) is 106 Å². The largest absolute Gasteiger partial charge is 0.474 e. The molecule has 4 heterocycles. The number of nitrogens with two attached hydrogens (primary N) is 1. The predicted molar refractivity (Wildman–Crippen MR) is 146 cm³/mol. The normalized spacial score (nSPS) is 14.9. The highest BCUT2D eigenvalue weighted by molar-refractivity contribution is 5.92. The first-order chi connectivity index (χ1) is 17.6. The summed E-state index contributed by atoms with van der Waals surface area (Å²) in [6.07, 6.45) is 4.28. The molecule has 2 aliphatic heterocycles. The lowest BCUT2D eigenvalue weighted by Crippen LogP contribution is -2.42. The molecule has 37 heavy (non-hydrogen) atoms. The number of nitrogens with one attached hydrogen (secondary N) is 1. The molecule has 194 valence electrons. The third-order valence-corrected chi connectivity index (χ3v) is 6.66. The number of fused-ring (bicyclic) bond motifs is 2. The van der Waals surface area contributed by atoms with E-state index in [2.05, 4.69) is 26.3 Å². The van der Waals surface area contributed by atoms with E-state index < -0.39 is 5.60 Å². The number of rotatable bonds is 3. The molecule has 2 aromatic heterocycles. The van der Waals surface area contributed by atoms with Gasteiger partial charge in [0.05, 0.1) is 18.4 Å². The van der Waals surface area contributed by atoms with Gasteiger partial charge in [-0.05, 0) is 82.0 Å². The third-order valence-electron chi connectivity index (χ3n) is 6.66. The number of ether oxygens (including phenoxy) is 2. The van der Waals surface area contributed by atoms with Crippen LogP contribution in [0.15, 0.2) is 36.7 Å². The van der Waals surface area contributed by atoms with Crippen LogP contribution in [0.25, 0.3) is 0 Å². The number of nitrogen functional groups attached to an aromatic ring is 1. The number of amides is 1. The Hall–Kier alpha value is -4.01. The van der Waals surface area contributed by atoms with Gasteiger partial charge in [0.1, 0.15) is 23.7 Å². The molecule has 3 aromatic rings. The van der Waals surface area contributed by atoms with Crippen LogP contribution >= 0.6 is 0 Å². The van der Waals surface area contributed by atoms with E-state index in [4.69, 9.17) is 15.2 Å². The molecule has 2 aliphatic rings. The molecular weight excluding hydrogens is 468 g/mol. The van der Waals surface area contributed by atoms with E-state index in [0.29, 0.717) is 31.3 Å². The van der Waals surface area contributed by atoms with Crippen molar-refractivity contribution in [2.45, 2.75) is 53.2 Å². The molecule has 1 aromatic carbocycles. The van der Waals surface area contributed by atoms with E-state index in [1.807, 2.05) is 65.2 Å². The van der Waals surface area contributed by atoms with Gasteiger partial charge in [0.25, 0.3) is 0 Å². The Morgan fingerprint density at radius 2 is 1.92 bits per heavy atom. The number of carbonyl (C=O) groups is 1. The van der Waals surface area contributed by atoms with Gasteiger partial charge in [0.15, 0.2) is 0 Å². The molecule has 0 saturated heterocycles. The van der Waals surface area contributed by atoms with E-state index in [1.54, 1.807) is 4.90 Å². The second kappa shape index (κ2) is 9.46. The highest BCUT2D eigenvalue weighted by Crippen LogP contribution is 2.40. The van der Waals surface area contributed by atoms with Crippen LogP contribution in [0, 0.1) is 13.8 Å². The average Bonchev–Trinajstić information content (AvgIpc) is 2.85. The number of anilines is 5. The lowest BCUT2D eigenvalue weighted by Gasteiger charge is -2.35. The summed E-state index contributed by atoms with van der Waals surface area (Å²) in [5, 5.41) is 3.39. The molecule has 0 spiro atoms. The summed E-state index contributed by atoms with van der Waals surface area (Å²) < 4.78 is 11.5. The summed E-state index contributed by atoms with van der Waals surface area (Å²) in [5.74, 6) is 1.25. The summed E-state index contributed by atoms with van der Waals surface area (Å²) >= 11 is 0. The molecule has 0 radical (unpaired) electrons. The van der Waals surface area contributed by atoms with Crippen LogP contribution < -0.4 is 25.6 Å². The number of hydrogen-bond acceptors (Lipinski definition) is 8. The van der Waals surface area contributed by atoms with Crippen molar-refractivity contribution in [3.63, 3.8) is 0 Å². The van der Waals surface area contributed by atoms with Crippen LogP contribution in [-0.2, 0) is 17.7 Å². The molecule has 5 rings (SSSR count). The molecule has 1 amide bonds. The maximum Gasteiger partial charge on any atom is 0.415 e. The first kappa shape index (κ1) is 24.7. The van der Waals surface area contributed by atoms with Gasteiger partial charge in [-0.3, -0.25) is 4.90 Å². The fourth-order valence-corrected chi connectivity index (χ4v) is 4.76. The molecule has 0 fully saturated rings. The molecule has 0 atom stereocenters. The molecule has 0 unspecified atom stereocenters. The van der Waals surface area contributed by atoms with Crippen LogP contribution in [0.2, 0.25) is 0 Å². The quantitative estimate of drug-likeness (QED) is 0.476. The Bertz CT molecular complexity index is 1350. The molecule has 9 heteroatoms. The zero-order valence-electron chi connectivity index (χ0n) is 22.1. The minimum atomic E-state index is -0.587. The first-order valence-corrected chi connectivity index (χ1v) is 12.6. The van der Waals surface area contributed by atoms with Gasteiger partial charge in [-0.15, -0.1) is 0 Å². The smallest absolute Gasteiger partial charge is 0.415 e. The fraction of sp³-hybridized carbons (Fsp3) is 0.393. The maximum atomic E-state index is 13.0. The Kier molecular flexibility index (Phi) is 6.31. The molecule has 9 nitrogen and oxygen atoms in total. The summed E-state index contributed by atoms with van der Waals surface area (Å²) in [6.45, 7) is 11.9. The molecule has 0 bridgehead atoms. The van der Waals surface area contributed by atoms with Crippen molar-refractivity contribution < 1.29 is 14.3 Å². The van der Waals surface area contributed by atoms with E-state index in [9.17, 15) is 4.79 Å². The van der Waals surface area contributed by atoms with Crippen LogP contribution in [-0.4, -0.2) is 41.4 Å². The van der Waals surface area contributed by atoms with Crippen LogP contribution in [0.3, 0.4) is 0 Å². The highest BCUT2D eigenvalue weighted by atomic mass is 16.6. The number of hydrogen-bond donors (Lipinski definition) is 2. The zero-order valence-corrected chi connectivity index (χ0v) is 22.1. The predicted octanol–water partition coefficient (Wildman–Crippen LogP) is 5.12. The third kappa shape index (κ3) is 5.12. The van der Waals surface area contributed by atoms with Crippen molar-refractivity contribution in [1.82, 2.24) is 9.97 Å². The summed E-state index contributed by atoms with van der Waals surface area (Å²) in [6, 6.07) is 7.97. The van der Waals surface area contributed by atoms with Gasteiger partial charge < -0.3 is 25.4 Å². The van der Waals surface area contributed by atoms with Crippen molar-refractivity contribution in [3.8, 4) is 5.88 Å². The van der Waals surface area contributed by atoms with Crippen molar-refractivity contribution in [2.75, 3.05) is 40.5 Å². The van der Waals surface area contributed by atoms with Crippen molar-refractivity contribution in [3.05, 3.63) is 58.9 Å². The van der Waals surface area contributed by atoms with E-state index in [-0.39, 0.29) is 6.09 Å². The van der Waals surface area contributed by atoms with Gasteiger partial charge in [-0.2, -0.15) is 0 Å². The Labute approximate surface area is 217 Å². The number of aromatic nitrogens is 2. The Morgan fingerprint density at radius 1 is 1.11 bits per heavy atom. The standard InChI is InChI=1S/C28H34N6O3/c1-17-12-21(6-7-22(17)29)32-24-13-20-16-33(9-8-19(20)14-30-24)23-15-31-26-25(18(23)2)34(10-11-36-26)27(35)37-28(3,4)5/h6-7,12-15H,8-11,16,29H2,1-5H3,(H,30,32). The van der Waals surface area contributed by atoms with Gasteiger partial charge in [0, 0.05) is 36.2 Å². The van der Waals surface area contributed by atoms with E-state index in [0.717, 1.165) is 47.0 Å². The number of aryl methyl sites for hydroxylation is 1. The van der Waals surface area contributed by atoms with E-state index in [1.165, 1.54) is 11.1 Å². The second-order valence-electron chi connectivity index (χ2n) is 10.6. The summed E-state index contributed by atoms with van der Waals surface area (Å²) in [7, 11) is 0. The number of carbonyl (C=O) groups excluding carboxylic acids is 1. The lowest BCUT2D eigenvalue weighted by molar-refractivity contribution is 0.0566. The SMILES string of the molecule is Cc1cc(Nc2cc3c(cn2)CCN(c2cnc4c(c2C)N(C(=O)OC(C)(C)C)CCO4)C3)ccc1N. The molecular formula is C28H34N6O3. The van der Waals surface area contributed by atoms with Crippen molar-refractivity contribution >= 4 is 34.7 Å². The second-order valence-corrected chi connectivity index (χ2v) is 10.6. The Balaban J connectivity index is 1.40. The lowest BCUT2D eigenvalue weighted by atomic mass is 10.0. The van der Waals surface area contributed by atoms with Crippen LogP contribution in [0.4, 0.5) is 33.4 Å². The maximum absolute atomic E-state index is 13.0. The van der Waals surface area contributed by atoms with Crippen LogP contribution in [0.1, 0.15) is 43.0 Å². The zero-order chi connectivity index (χ0) is 26.3. The minimum Gasteiger partial charge on any atom is -0.474 e. The average molecular weight is 503 g/mol. The first-order valence-electron chi connectivity index (χ1n) is 12.6. The number of pyridine rings is 2. The highest BCUT2D eigenvalue weighted by Gasteiger charge is 2.32. The fourth-order valence-electron chi connectivity index (χ4n) is 4.76. The monoisotopic (exact) mass is 502 g/mol. The van der Waals surface area contributed by atoms with Crippen molar-refractivity contribution in [1.29, 1.82) is 0 Å². The van der Waals surface area contributed by atoms with Gasteiger partial charge in [-0.1, -0.05) is 0 Å². The van der Waals surface area contributed by atoms with Gasteiger partial charge in [-0.25, -0.2) is 14.8 Å². The van der Waals surface area contributed by atoms with Gasteiger partial charge in [0.2, 0.25) is 5.88 Å². The summed E-state index contributed by atoms with van der Waals surface area (Å²) in [5.41, 5.74) is 13.2. The number of benzene rings is 1. The molecule has 0 aliphatic carbocycles. The van der Waals surface area contributed by atoms with Crippen LogP contribution in [0.5, 0.6) is 5.88 Å². The van der Waals surface area contributed by atoms with Gasteiger partial charge >= 0.3 is 6.09 Å². The number of nitrogens with zero attached hydrogens (tertiary/aromatic N) is 4. The van der Waals surface area contributed by atoms with E-state index >= 15 is 0 Å². The molecule has 0 saturated carbocycles. The summed E-state index contributed by atoms with van der Waals surface area (Å²) in [4.78, 5) is 26.1. The Morgan fingerprint density at radius 3 is 2.68 bits per heavy atom. The molecule has 3 N–H and O–H groups in total.